The fraction of sp³-hybridized carbons (Fsp3) is 0.600. The van der Waals surface area contributed by atoms with Gasteiger partial charge in [0.15, 0.2) is 5.78 Å². The summed E-state index contributed by atoms with van der Waals surface area (Å²) in [5.74, 6) is -3.68. The first-order chi connectivity index (χ1) is 28.4. The Hall–Kier alpha value is -4.08. The number of phenolic OH excluding ortho intramolecular Hbond substituents is 2. The number of phenols is 2. The zero-order chi connectivity index (χ0) is 41.0. The van der Waals surface area contributed by atoms with Crippen LogP contribution in [0.5, 0.6) is 11.5 Å². The van der Waals surface area contributed by atoms with Crippen molar-refractivity contribution in [3.63, 3.8) is 0 Å². The minimum atomic E-state index is -0.834. The lowest BCUT2D eigenvalue weighted by Gasteiger charge is -2.30. The molecule has 0 bridgehead atoms. The highest BCUT2D eigenvalue weighted by atomic mass is 16.6. The van der Waals surface area contributed by atoms with Crippen molar-refractivity contribution in [1.82, 2.24) is 4.90 Å². The molecular weight excluding hydrogens is 764 g/mol. The van der Waals surface area contributed by atoms with E-state index in [0.717, 1.165) is 0 Å². The number of carbonyl (C=O) groups excluding carboxylic acids is 2. The van der Waals surface area contributed by atoms with Gasteiger partial charge >= 0.3 is 0 Å². The number of anilines is 1. The second kappa shape index (κ2) is 24.8. The molecule has 2 saturated heterocycles. The zero-order valence-electron chi connectivity index (χ0n) is 32.9. The minimum absolute atomic E-state index is 0.287. The number of nitrogens with zero attached hydrogens (tertiary/aromatic N) is 2. The summed E-state index contributed by atoms with van der Waals surface area (Å²) < 4.78 is 55.8. The first-order valence-electron chi connectivity index (χ1n) is 19.6. The quantitative estimate of drug-likeness (QED) is 0.318. The van der Waals surface area contributed by atoms with Gasteiger partial charge in [0.05, 0.1) is 154 Å². The number of aliphatic hydroxyl groups excluding tert-OH is 2. The highest BCUT2D eigenvalue weighted by Gasteiger charge is 2.43. The van der Waals surface area contributed by atoms with Crippen molar-refractivity contribution in [2.24, 2.45) is 0 Å². The fourth-order valence-electron chi connectivity index (χ4n) is 6.33. The Morgan fingerprint density at radius 2 is 0.759 bits per heavy atom. The highest BCUT2D eigenvalue weighted by Crippen LogP contribution is 2.47. The van der Waals surface area contributed by atoms with Gasteiger partial charge in [-0.25, -0.2) is 0 Å². The van der Waals surface area contributed by atoms with E-state index >= 15 is 0 Å². The van der Waals surface area contributed by atoms with E-state index in [0.29, 0.717) is 156 Å². The SMILES string of the molecule is O=C1C=C(N2CCOCCOCCOCCOCCOCC2)C=C(O)/C1=C1/C(=O)C(c2c(O)cc(N3CCOCCOCCOCCOCCOCC3)cc2O)=C1O. The molecule has 0 radical (unpaired) electrons. The molecule has 5 rings (SSSR count). The maximum atomic E-state index is 13.6. The predicted molar refractivity (Wildman–Crippen MR) is 207 cm³/mol. The van der Waals surface area contributed by atoms with Crippen LogP contribution < -0.4 is 4.90 Å². The number of allylic oxidation sites excluding steroid dienone is 5. The molecule has 1 aromatic rings. The number of Topliss-reactive ketones (excluding diaryl/α,β-unsaturated/α-hetero) is 1. The maximum absolute atomic E-state index is 13.6. The van der Waals surface area contributed by atoms with E-state index in [4.69, 9.17) is 47.4 Å². The molecule has 18 nitrogen and oxygen atoms in total. The van der Waals surface area contributed by atoms with Gasteiger partial charge in [0.25, 0.3) is 0 Å². The number of aliphatic hydroxyl groups is 2. The van der Waals surface area contributed by atoms with E-state index < -0.39 is 51.3 Å². The van der Waals surface area contributed by atoms with Gasteiger partial charge in [-0.3, -0.25) is 9.59 Å². The number of carbonyl (C=O) groups is 2. The molecule has 2 aliphatic carbocycles. The van der Waals surface area contributed by atoms with E-state index in [-0.39, 0.29) is 18.8 Å². The Morgan fingerprint density at radius 1 is 0.414 bits per heavy atom. The van der Waals surface area contributed by atoms with Crippen LogP contribution in [0.2, 0.25) is 0 Å². The van der Waals surface area contributed by atoms with E-state index in [1.165, 1.54) is 24.3 Å². The molecule has 2 heterocycles. The summed E-state index contributed by atoms with van der Waals surface area (Å²) in [5.41, 5.74) is -0.752. The van der Waals surface area contributed by atoms with Crippen LogP contribution in [0, 0.1) is 0 Å². The second-order valence-corrected chi connectivity index (χ2v) is 13.2. The summed E-state index contributed by atoms with van der Waals surface area (Å²) >= 11 is 0. The molecular formula is C40H56N2O16. The zero-order valence-corrected chi connectivity index (χ0v) is 32.9. The minimum Gasteiger partial charge on any atom is -0.507 e. The lowest BCUT2D eigenvalue weighted by Crippen LogP contribution is -2.33. The van der Waals surface area contributed by atoms with Crippen LogP contribution in [0.4, 0.5) is 5.69 Å². The third kappa shape index (κ3) is 13.5. The lowest BCUT2D eigenvalue weighted by atomic mass is 9.78. The first kappa shape index (κ1) is 45.0. The Bertz CT molecular complexity index is 1570. The van der Waals surface area contributed by atoms with Crippen LogP contribution in [0.25, 0.3) is 5.57 Å². The number of hydrogen-bond acceptors (Lipinski definition) is 18. The van der Waals surface area contributed by atoms with Crippen LogP contribution in [-0.2, 0) is 57.0 Å². The average molecular weight is 821 g/mol. The van der Waals surface area contributed by atoms with Gasteiger partial charge in [0.2, 0.25) is 5.78 Å². The van der Waals surface area contributed by atoms with Crippen molar-refractivity contribution in [1.29, 1.82) is 0 Å². The summed E-state index contributed by atoms with van der Waals surface area (Å²) in [6, 6.07) is 2.72. The van der Waals surface area contributed by atoms with Crippen LogP contribution in [-0.4, -0.2) is 195 Å². The van der Waals surface area contributed by atoms with Gasteiger partial charge in [0, 0.05) is 61.8 Å². The molecule has 2 fully saturated rings. The van der Waals surface area contributed by atoms with E-state index in [9.17, 15) is 30.0 Å². The van der Waals surface area contributed by atoms with Gasteiger partial charge in [-0.05, 0) is 0 Å². The molecule has 0 saturated carbocycles. The van der Waals surface area contributed by atoms with E-state index in [1.54, 1.807) is 4.90 Å². The Morgan fingerprint density at radius 3 is 1.10 bits per heavy atom. The molecule has 0 amide bonds. The third-order valence-corrected chi connectivity index (χ3v) is 9.30. The predicted octanol–water partition coefficient (Wildman–Crippen LogP) is 1.46. The number of rotatable bonds is 3. The van der Waals surface area contributed by atoms with Crippen LogP contribution in [0.15, 0.2) is 52.6 Å². The maximum Gasteiger partial charge on any atom is 0.202 e. The molecule has 0 atom stereocenters. The topological polar surface area (TPSA) is 214 Å². The Kier molecular flexibility index (Phi) is 19.2. The van der Waals surface area contributed by atoms with Crippen molar-refractivity contribution < 1.29 is 77.4 Å². The molecule has 1 aromatic carbocycles. The first-order valence-corrected chi connectivity index (χ1v) is 19.6. The standard InChI is InChI=1S/C40H56N2O16/c43-31-25-29(41-1-5-49-9-13-53-17-21-57-22-18-54-14-10-50-6-2-41)26-32(44)35(31)37-39(47)38(40(37)48)36-33(45)27-30(28-34(36)46)42-3-7-51-11-15-55-19-23-58-24-20-56-16-12-52-8-4-42/h25-28,43-45,47H,1-24H2/b38-36-. The largest absolute Gasteiger partial charge is 0.507 e. The highest BCUT2D eigenvalue weighted by molar-refractivity contribution is 6.42. The smallest absolute Gasteiger partial charge is 0.202 e. The molecule has 0 aromatic heterocycles. The molecule has 0 spiro atoms. The van der Waals surface area contributed by atoms with Crippen molar-refractivity contribution >= 4 is 22.8 Å². The number of ether oxygens (including phenoxy) is 10. The number of ketones is 2. The monoisotopic (exact) mass is 820 g/mol. The Balaban J connectivity index is 1.28. The van der Waals surface area contributed by atoms with Gasteiger partial charge in [-0.15, -0.1) is 0 Å². The summed E-state index contributed by atoms with van der Waals surface area (Å²) in [6.07, 6.45) is 2.59. The van der Waals surface area contributed by atoms with Gasteiger partial charge in [-0.2, -0.15) is 0 Å². The molecule has 58 heavy (non-hydrogen) atoms. The second-order valence-electron chi connectivity index (χ2n) is 13.2. The van der Waals surface area contributed by atoms with Crippen LogP contribution >= 0.6 is 0 Å². The molecule has 18 heteroatoms. The molecule has 0 unspecified atom stereocenters. The van der Waals surface area contributed by atoms with Crippen molar-refractivity contribution in [3.8, 4) is 11.5 Å². The van der Waals surface area contributed by atoms with Gasteiger partial charge in [0.1, 0.15) is 23.0 Å². The summed E-state index contributed by atoms with van der Waals surface area (Å²) in [6.45, 7) is 9.01. The van der Waals surface area contributed by atoms with Crippen molar-refractivity contribution in [2.75, 3.05) is 163 Å². The van der Waals surface area contributed by atoms with E-state index in [1.807, 2.05) is 4.90 Å². The van der Waals surface area contributed by atoms with Crippen molar-refractivity contribution in [2.45, 2.75) is 0 Å². The fourth-order valence-corrected chi connectivity index (χ4v) is 6.33. The summed E-state index contributed by atoms with van der Waals surface area (Å²) in [4.78, 5) is 30.7. The lowest BCUT2D eigenvalue weighted by molar-refractivity contribution is -0.114. The third-order valence-electron chi connectivity index (χ3n) is 9.30. The summed E-state index contributed by atoms with van der Waals surface area (Å²) in [7, 11) is 0. The molecule has 4 N–H and O–H groups in total. The number of hydrogen-bond donors (Lipinski definition) is 4. The average Bonchev–Trinajstić information content (AvgIpc) is 3.20. The van der Waals surface area contributed by atoms with E-state index in [2.05, 4.69) is 0 Å². The molecule has 4 aliphatic rings. The van der Waals surface area contributed by atoms with Crippen LogP contribution in [0.1, 0.15) is 5.56 Å². The van der Waals surface area contributed by atoms with Crippen molar-refractivity contribution in [3.05, 3.63) is 58.2 Å². The van der Waals surface area contributed by atoms with Crippen LogP contribution in [0.3, 0.4) is 0 Å². The number of benzene rings is 1. The van der Waals surface area contributed by atoms with Gasteiger partial charge in [-0.1, -0.05) is 0 Å². The number of aromatic hydroxyl groups is 2. The van der Waals surface area contributed by atoms with Gasteiger partial charge < -0.3 is 77.6 Å². The Labute approximate surface area is 337 Å². The molecule has 322 valence electrons. The molecule has 2 aliphatic heterocycles. The normalized spacial score (nSPS) is 23.8. The summed E-state index contributed by atoms with van der Waals surface area (Å²) in [5, 5.41) is 44.6.